The lowest BCUT2D eigenvalue weighted by Gasteiger charge is -2.40. The third-order valence-corrected chi connectivity index (χ3v) is 5.23. The molecule has 7 nitrogen and oxygen atoms in total. The maximum absolute atomic E-state index is 12.6. The number of carbonyl (C=O) groups excluding carboxylic acids is 1. The van der Waals surface area contributed by atoms with Crippen molar-refractivity contribution in [2.75, 3.05) is 40.0 Å². The molecule has 1 aromatic rings. The average Bonchev–Trinajstić information content (AvgIpc) is 2.96. The highest BCUT2D eigenvalue weighted by atomic mass is 16.5. The van der Waals surface area contributed by atoms with Crippen molar-refractivity contribution >= 4 is 11.7 Å². The zero-order chi connectivity index (χ0) is 16.6. The summed E-state index contributed by atoms with van der Waals surface area (Å²) in [7, 11) is 5.97. The van der Waals surface area contributed by atoms with Gasteiger partial charge >= 0.3 is 0 Å². The minimum atomic E-state index is -0.0535. The maximum Gasteiger partial charge on any atom is 0.274 e. The van der Waals surface area contributed by atoms with Crippen LogP contribution in [0.15, 0.2) is 12.4 Å². The highest BCUT2D eigenvalue weighted by Gasteiger charge is 2.44. The first-order valence-corrected chi connectivity index (χ1v) is 8.05. The number of ether oxygens (including phenoxy) is 1. The minimum Gasteiger partial charge on any atom is -0.382 e. The standard InChI is InChI=1S/C16H25N5O2/c1-20(2)13-4-10-8-21(9-11(10)5-14(13)23-3)16(22)12-6-19-15(17)7-18-12/h6-7,10-11,13-14H,4-5,8-9H2,1-3H3,(H2,17,19)/t10-,11+,13-,14-/m1/s1. The molecule has 1 aliphatic carbocycles. The quantitative estimate of drug-likeness (QED) is 0.872. The first-order chi connectivity index (χ1) is 11.0. The molecule has 1 aliphatic heterocycles. The van der Waals surface area contributed by atoms with Crippen molar-refractivity contribution in [3.8, 4) is 0 Å². The normalized spacial score (nSPS) is 30.5. The monoisotopic (exact) mass is 319 g/mol. The zero-order valence-corrected chi connectivity index (χ0v) is 14.0. The molecule has 0 aromatic carbocycles. The van der Waals surface area contributed by atoms with Gasteiger partial charge < -0.3 is 20.3 Å². The number of hydrogen-bond donors (Lipinski definition) is 1. The number of likely N-dealkylation sites (N-methyl/N-ethyl adjacent to an activating group) is 1. The van der Waals surface area contributed by atoms with Gasteiger partial charge in [0.2, 0.25) is 0 Å². The summed E-state index contributed by atoms with van der Waals surface area (Å²) in [5.74, 6) is 1.30. The van der Waals surface area contributed by atoms with Crippen LogP contribution in [-0.2, 0) is 4.74 Å². The van der Waals surface area contributed by atoms with E-state index in [-0.39, 0.29) is 12.0 Å². The molecule has 0 unspecified atom stereocenters. The maximum atomic E-state index is 12.6. The summed E-state index contributed by atoms with van der Waals surface area (Å²) in [6, 6.07) is 0.410. The third-order valence-electron chi connectivity index (χ3n) is 5.23. The fraction of sp³-hybridized carbons (Fsp3) is 0.688. The Balaban J connectivity index is 1.70. The van der Waals surface area contributed by atoms with Crippen molar-refractivity contribution < 1.29 is 9.53 Å². The van der Waals surface area contributed by atoms with E-state index in [1.165, 1.54) is 12.4 Å². The Morgan fingerprint density at radius 2 is 1.96 bits per heavy atom. The van der Waals surface area contributed by atoms with Crippen LogP contribution in [-0.4, -0.2) is 72.1 Å². The van der Waals surface area contributed by atoms with Crippen molar-refractivity contribution in [3.05, 3.63) is 18.1 Å². The first kappa shape index (κ1) is 16.1. The van der Waals surface area contributed by atoms with Gasteiger partial charge in [-0.05, 0) is 38.8 Å². The Morgan fingerprint density at radius 1 is 1.26 bits per heavy atom. The molecule has 3 rings (SSSR count). The van der Waals surface area contributed by atoms with Crippen LogP contribution in [0.2, 0.25) is 0 Å². The lowest BCUT2D eigenvalue weighted by Crippen LogP contribution is -2.47. The van der Waals surface area contributed by atoms with Gasteiger partial charge in [0.05, 0.1) is 18.5 Å². The Bertz CT molecular complexity index is 562. The molecule has 2 N–H and O–H groups in total. The summed E-state index contributed by atoms with van der Waals surface area (Å²) in [6.07, 6.45) is 5.19. The summed E-state index contributed by atoms with van der Waals surface area (Å²) >= 11 is 0. The van der Waals surface area contributed by atoms with Crippen LogP contribution in [0.3, 0.4) is 0 Å². The number of rotatable bonds is 3. The van der Waals surface area contributed by atoms with E-state index in [9.17, 15) is 4.79 Å². The molecular weight excluding hydrogens is 294 g/mol. The molecule has 1 saturated heterocycles. The van der Waals surface area contributed by atoms with E-state index in [1.807, 2.05) is 4.90 Å². The predicted octanol–water partition coefficient (Wildman–Crippen LogP) is 0.486. The average molecular weight is 319 g/mol. The lowest BCUT2D eigenvalue weighted by molar-refractivity contribution is -0.0209. The number of nitrogens with zero attached hydrogens (tertiary/aromatic N) is 4. The van der Waals surface area contributed by atoms with Gasteiger partial charge in [0.1, 0.15) is 11.5 Å². The first-order valence-electron chi connectivity index (χ1n) is 8.05. The van der Waals surface area contributed by atoms with Gasteiger partial charge in [-0.25, -0.2) is 9.97 Å². The van der Waals surface area contributed by atoms with E-state index < -0.39 is 0 Å². The van der Waals surface area contributed by atoms with Crippen molar-refractivity contribution in [2.45, 2.75) is 25.0 Å². The lowest BCUT2D eigenvalue weighted by atomic mass is 9.77. The molecule has 126 valence electrons. The van der Waals surface area contributed by atoms with E-state index in [0.717, 1.165) is 25.9 Å². The molecule has 2 aliphatic rings. The van der Waals surface area contributed by atoms with Crippen LogP contribution in [0.5, 0.6) is 0 Å². The van der Waals surface area contributed by atoms with E-state index in [4.69, 9.17) is 10.5 Å². The van der Waals surface area contributed by atoms with Gasteiger partial charge in [-0.2, -0.15) is 0 Å². The molecular formula is C16H25N5O2. The minimum absolute atomic E-state index is 0.0535. The SMILES string of the molecule is CO[C@@H]1C[C@H]2CN(C(=O)c3cnc(N)cn3)C[C@H]2C[C@H]1N(C)C. The van der Waals surface area contributed by atoms with Crippen molar-refractivity contribution in [1.82, 2.24) is 19.8 Å². The number of methoxy groups -OCH3 is 1. The number of nitrogen functional groups attached to an aromatic ring is 1. The third kappa shape index (κ3) is 3.16. The molecule has 0 spiro atoms. The van der Waals surface area contributed by atoms with Crippen LogP contribution in [0.1, 0.15) is 23.3 Å². The Morgan fingerprint density at radius 3 is 2.52 bits per heavy atom. The van der Waals surface area contributed by atoms with Gasteiger partial charge in [0.15, 0.2) is 0 Å². The van der Waals surface area contributed by atoms with Crippen molar-refractivity contribution in [2.24, 2.45) is 11.8 Å². The topological polar surface area (TPSA) is 84.6 Å². The van der Waals surface area contributed by atoms with Crippen LogP contribution in [0, 0.1) is 11.8 Å². The highest BCUT2D eigenvalue weighted by Crippen LogP contribution is 2.39. The number of fused-ring (bicyclic) bond motifs is 1. The highest BCUT2D eigenvalue weighted by molar-refractivity contribution is 5.92. The number of likely N-dealkylation sites (tertiary alicyclic amines) is 1. The van der Waals surface area contributed by atoms with Gasteiger partial charge in [-0.15, -0.1) is 0 Å². The van der Waals surface area contributed by atoms with E-state index in [1.54, 1.807) is 7.11 Å². The molecule has 23 heavy (non-hydrogen) atoms. The van der Waals surface area contributed by atoms with E-state index in [0.29, 0.717) is 29.4 Å². The van der Waals surface area contributed by atoms with Gasteiger partial charge in [-0.1, -0.05) is 0 Å². The van der Waals surface area contributed by atoms with Gasteiger partial charge in [-0.3, -0.25) is 4.79 Å². The summed E-state index contributed by atoms with van der Waals surface area (Å²) in [5, 5.41) is 0. The van der Waals surface area contributed by atoms with Crippen LogP contribution >= 0.6 is 0 Å². The Labute approximate surface area is 136 Å². The second-order valence-electron chi connectivity index (χ2n) is 6.83. The zero-order valence-electron chi connectivity index (χ0n) is 14.0. The molecule has 2 heterocycles. The summed E-state index contributed by atoms with van der Waals surface area (Å²) in [6.45, 7) is 1.56. The van der Waals surface area contributed by atoms with Crippen LogP contribution in [0.4, 0.5) is 5.82 Å². The number of aromatic nitrogens is 2. The smallest absolute Gasteiger partial charge is 0.274 e. The molecule has 0 radical (unpaired) electrons. The second-order valence-corrected chi connectivity index (χ2v) is 6.83. The molecule has 4 atom stereocenters. The van der Waals surface area contributed by atoms with E-state index in [2.05, 4.69) is 29.0 Å². The van der Waals surface area contributed by atoms with Crippen molar-refractivity contribution in [3.63, 3.8) is 0 Å². The Kier molecular flexibility index (Phi) is 4.50. The molecule has 0 bridgehead atoms. The largest absolute Gasteiger partial charge is 0.382 e. The fourth-order valence-electron chi connectivity index (χ4n) is 3.96. The van der Waals surface area contributed by atoms with Crippen LogP contribution < -0.4 is 5.73 Å². The predicted molar refractivity (Wildman–Crippen MR) is 86.8 cm³/mol. The molecule has 7 heteroatoms. The van der Waals surface area contributed by atoms with E-state index >= 15 is 0 Å². The van der Waals surface area contributed by atoms with Crippen LogP contribution in [0.25, 0.3) is 0 Å². The number of carbonyl (C=O) groups is 1. The fourth-order valence-corrected chi connectivity index (χ4v) is 3.96. The number of nitrogens with two attached hydrogens (primary N) is 1. The molecule has 1 amide bonds. The molecule has 1 saturated carbocycles. The summed E-state index contributed by atoms with van der Waals surface area (Å²) in [4.78, 5) is 24.8. The number of hydrogen-bond acceptors (Lipinski definition) is 6. The molecule has 2 fully saturated rings. The van der Waals surface area contributed by atoms with Gasteiger partial charge in [0.25, 0.3) is 5.91 Å². The summed E-state index contributed by atoms with van der Waals surface area (Å²) < 4.78 is 5.69. The number of amides is 1. The van der Waals surface area contributed by atoms with Gasteiger partial charge in [0, 0.05) is 26.2 Å². The molecule has 1 aromatic heterocycles. The number of anilines is 1. The summed E-state index contributed by atoms with van der Waals surface area (Å²) in [5.41, 5.74) is 5.90. The second kappa shape index (κ2) is 6.41. The van der Waals surface area contributed by atoms with Crippen molar-refractivity contribution in [1.29, 1.82) is 0 Å². The Hall–Kier alpha value is -1.73.